The molecule has 0 heterocycles. The minimum Gasteiger partial charge on any atom is -0.422 e. The lowest BCUT2D eigenvalue weighted by Gasteiger charge is -2.16. The predicted molar refractivity (Wildman–Crippen MR) is 123 cm³/mol. The molecule has 1 aromatic carbocycles. The van der Waals surface area contributed by atoms with Crippen molar-refractivity contribution in [3.8, 4) is 5.75 Å². The fraction of sp³-hybridized carbons (Fsp3) is 0.0769. The van der Waals surface area contributed by atoms with E-state index >= 15 is 0 Å². The zero-order valence-electron chi connectivity index (χ0n) is 17.4. The molecule has 4 nitrogen and oxygen atoms in total. The molecule has 4 heteroatoms. The standard InChI is InChI=1S/C26H26O4/c1-7-12-17-21(11-5)26(28)30-23-18-13-16-19(6)24(23)22(15-9-3)29-25(27)20(10-4)14-8-2/h7-18H,1-4H2,5-6H3/b17-12-,20-14+,21-11+,22-15+. The summed E-state index contributed by atoms with van der Waals surface area (Å²) in [4.78, 5) is 25.1. The van der Waals surface area contributed by atoms with Crippen LogP contribution in [0.5, 0.6) is 5.75 Å². The van der Waals surface area contributed by atoms with Crippen molar-refractivity contribution in [3.05, 3.63) is 121 Å². The number of carbonyl (C=O) groups excluding carboxylic acids is 2. The predicted octanol–water partition coefficient (Wildman–Crippen LogP) is 5.96. The van der Waals surface area contributed by atoms with E-state index in [2.05, 4.69) is 26.3 Å². The van der Waals surface area contributed by atoms with E-state index in [1.807, 2.05) is 13.0 Å². The van der Waals surface area contributed by atoms with Gasteiger partial charge in [0.1, 0.15) is 11.5 Å². The highest BCUT2D eigenvalue weighted by atomic mass is 16.5. The Kier molecular flexibility index (Phi) is 10.1. The molecule has 0 amide bonds. The van der Waals surface area contributed by atoms with Crippen molar-refractivity contribution in [2.45, 2.75) is 13.8 Å². The van der Waals surface area contributed by atoms with Gasteiger partial charge in [-0.15, -0.1) is 0 Å². The zero-order chi connectivity index (χ0) is 22.5. The Labute approximate surface area is 178 Å². The summed E-state index contributed by atoms with van der Waals surface area (Å²) in [6.07, 6.45) is 13.8. The highest BCUT2D eigenvalue weighted by molar-refractivity contribution is 5.96. The van der Waals surface area contributed by atoms with Crippen LogP contribution < -0.4 is 4.74 Å². The van der Waals surface area contributed by atoms with Gasteiger partial charge in [0.2, 0.25) is 0 Å². The zero-order valence-corrected chi connectivity index (χ0v) is 17.4. The van der Waals surface area contributed by atoms with Crippen molar-refractivity contribution in [1.29, 1.82) is 0 Å². The number of allylic oxidation sites excluding steroid dienone is 7. The summed E-state index contributed by atoms with van der Waals surface area (Å²) in [5, 5.41) is 0. The van der Waals surface area contributed by atoms with Gasteiger partial charge in [-0.2, -0.15) is 0 Å². The van der Waals surface area contributed by atoms with Crippen LogP contribution in [0.2, 0.25) is 0 Å². The van der Waals surface area contributed by atoms with E-state index in [1.165, 1.54) is 30.4 Å². The number of ether oxygens (including phenoxy) is 2. The summed E-state index contributed by atoms with van der Waals surface area (Å²) >= 11 is 0. The number of esters is 2. The first kappa shape index (κ1) is 24.1. The molecule has 30 heavy (non-hydrogen) atoms. The Morgan fingerprint density at radius 1 is 0.933 bits per heavy atom. The molecule has 154 valence electrons. The maximum atomic E-state index is 12.6. The average Bonchev–Trinajstić information content (AvgIpc) is 2.72. The Morgan fingerprint density at radius 2 is 1.63 bits per heavy atom. The van der Waals surface area contributed by atoms with Crippen molar-refractivity contribution in [1.82, 2.24) is 0 Å². The molecule has 0 fully saturated rings. The molecule has 0 spiro atoms. The summed E-state index contributed by atoms with van der Waals surface area (Å²) in [6.45, 7) is 18.0. The number of hydrogen-bond acceptors (Lipinski definition) is 4. The quantitative estimate of drug-likeness (QED) is 0.159. The van der Waals surface area contributed by atoms with Crippen LogP contribution in [0.1, 0.15) is 18.1 Å². The summed E-state index contributed by atoms with van der Waals surface area (Å²) in [7, 11) is 0. The SMILES string of the molecule is C=C/C=C\C(=C/C)C(=O)Oc1cccc(C)c1/C(=C\C=C)OC(=O)/C(C=C)=C/C=C. The lowest BCUT2D eigenvalue weighted by Crippen LogP contribution is -2.13. The minimum absolute atomic E-state index is 0.191. The number of hydrogen-bond donors (Lipinski definition) is 0. The third kappa shape index (κ3) is 6.60. The van der Waals surface area contributed by atoms with Crippen molar-refractivity contribution in [3.63, 3.8) is 0 Å². The van der Waals surface area contributed by atoms with E-state index in [0.717, 1.165) is 5.56 Å². The van der Waals surface area contributed by atoms with Gasteiger partial charge in [0, 0.05) is 0 Å². The second kappa shape index (κ2) is 12.5. The van der Waals surface area contributed by atoms with E-state index in [0.29, 0.717) is 11.1 Å². The highest BCUT2D eigenvalue weighted by Gasteiger charge is 2.20. The topological polar surface area (TPSA) is 52.6 Å². The minimum atomic E-state index is -0.624. The third-order valence-electron chi connectivity index (χ3n) is 3.87. The molecule has 0 radical (unpaired) electrons. The summed E-state index contributed by atoms with van der Waals surface area (Å²) < 4.78 is 11.2. The van der Waals surface area contributed by atoms with E-state index in [4.69, 9.17) is 9.47 Å². The van der Waals surface area contributed by atoms with Crippen LogP contribution in [0, 0.1) is 6.92 Å². The first-order chi connectivity index (χ1) is 14.4. The van der Waals surface area contributed by atoms with E-state index < -0.39 is 11.9 Å². The third-order valence-corrected chi connectivity index (χ3v) is 3.87. The number of rotatable bonds is 10. The van der Waals surface area contributed by atoms with Crippen molar-refractivity contribution in [2.75, 3.05) is 0 Å². The molecular weight excluding hydrogens is 376 g/mol. The fourth-order valence-electron chi connectivity index (χ4n) is 2.43. The summed E-state index contributed by atoms with van der Waals surface area (Å²) in [5.41, 5.74) is 1.80. The van der Waals surface area contributed by atoms with Crippen molar-refractivity contribution >= 4 is 17.7 Å². The fourth-order valence-corrected chi connectivity index (χ4v) is 2.43. The molecule has 1 rings (SSSR count). The maximum absolute atomic E-state index is 12.6. The van der Waals surface area contributed by atoms with Gasteiger partial charge >= 0.3 is 11.9 Å². The maximum Gasteiger partial charge on any atom is 0.343 e. The lowest BCUT2D eigenvalue weighted by atomic mass is 10.0. The molecular formula is C26H26O4. The smallest absolute Gasteiger partial charge is 0.343 e. The molecule has 0 bridgehead atoms. The molecule has 0 N–H and O–H groups in total. The van der Waals surface area contributed by atoms with Gasteiger partial charge in [-0.1, -0.05) is 74.9 Å². The number of carbonyl (C=O) groups is 2. The molecule has 0 aliphatic heterocycles. The average molecular weight is 402 g/mol. The Balaban J connectivity index is 3.40. The first-order valence-corrected chi connectivity index (χ1v) is 9.21. The monoisotopic (exact) mass is 402 g/mol. The largest absolute Gasteiger partial charge is 0.422 e. The van der Waals surface area contributed by atoms with Crippen molar-refractivity contribution < 1.29 is 19.1 Å². The molecule has 1 aromatic rings. The second-order valence-corrected chi connectivity index (χ2v) is 5.89. The highest BCUT2D eigenvalue weighted by Crippen LogP contribution is 2.31. The number of benzene rings is 1. The van der Waals surface area contributed by atoms with Crippen molar-refractivity contribution in [2.24, 2.45) is 0 Å². The summed E-state index contributed by atoms with van der Waals surface area (Å²) in [6, 6.07) is 5.19. The van der Waals surface area contributed by atoms with E-state index in [9.17, 15) is 9.59 Å². The molecule has 0 atom stereocenters. The van der Waals surface area contributed by atoms with Gasteiger partial charge in [0.15, 0.2) is 0 Å². The van der Waals surface area contributed by atoms with Crippen LogP contribution in [0.3, 0.4) is 0 Å². The van der Waals surface area contributed by atoms with Crippen LogP contribution in [0.25, 0.3) is 5.76 Å². The van der Waals surface area contributed by atoms with Gasteiger partial charge in [0.05, 0.1) is 16.7 Å². The van der Waals surface area contributed by atoms with Gasteiger partial charge < -0.3 is 9.47 Å². The van der Waals surface area contributed by atoms with Crippen LogP contribution in [0.15, 0.2) is 110 Å². The van der Waals surface area contributed by atoms with Gasteiger partial charge in [-0.05, 0) is 43.7 Å². The molecule has 0 aliphatic rings. The molecule has 0 aliphatic carbocycles. The second-order valence-electron chi connectivity index (χ2n) is 5.89. The Bertz CT molecular complexity index is 969. The molecule has 0 unspecified atom stereocenters. The molecule has 0 aromatic heterocycles. The number of aryl methyl sites for hydroxylation is 1. The van der Waals surface area contributed by atoms with Gasteiger partial charge in [-0.3, -0.25) is 0 Å². The summed E-state index contributed by atoms with van der Waals surface area (Å²) in [5.74, 6) is -0.733. The van der Waals surface area contributed by atoms with Crippen LogP contribution in [-0.4, -0.2) is 11.9 Å². The molecule has 0 saturated heterocycles. The Morgan fingerprint density at radius 3 is 2.20 bits per heavy atom. The lowest BCUT2D eigenvalue weighted by molar-refractivity contribution is -0.132. The Hall–Kier alpha value is -3.92. The normalized spacial score (nSPS) is 12.3. The van der Waals surface area contributed by atoms with Crippen LogP contribution in [-0.2, 0) is 14.3 Å². The van der Waals surface area contributed by atoms with Gasteiger partial charge in [-0.25, -0.2) is 9.59 Å². The van der Waals surface area contributed by atoms with Crippen LogP contribution >= 0.6 is 0 Å². The van der Waals surface area contributed by atoms with Crippen LogP contribution in [0.4, 0.5) is 0 Å². The molecule has 0 saturated carbocycles. The van der Waals surface area contributed by atoms with E-state index in [1.54, 1.807) is 43.4 Å². The van der Waals surface area contributed by atoms with Gasteiger partial charge in [0.25, 0.3) is 0 Å². The first-order valence-electron chi connectivity index (χ1n) is 9.21. The van der Waals surface area contributed by atoms with E-state index in [-0.39, 0.29) is 17.1 Å².